The maximum absolute atomic E-state index is 5.93. The van der Waals surface area contributed by atoms with Crippen molar-refractivity contribution in [1.29, 1.82) is 0 Å². The summed E-state index contributed by atoms with van der Waals surface area (Å²) in [6, 6.07) is 7.55. The molecule has 0 aliphatic rings. The zero-order valence-corrected chi connectivity index (χ0v) is 13.1. The fourth-order valence-corrected chi connectivity index (χ4v) is 2.15. The van der Waals surface area contributed by atoms with E-state index in [2.05, 4.69) is 33.2 Å². The second-order valence-corrected chi connectivity index (χ2v) is 5.02. The molecule has 0 saturated carbocycles. The summed E-state index contributed by atoms with van der Waals surface area (Å²) in [5.74, 6) is 2.26. The number of hydrogen-bond acceptors (Lipinski definition) is 4. The quantitative estimate of drug-likeness (QED) is 0.872. The number of rotatable bonds is 6. The smallest absolute Gasteiger partial charge is 0.150 e. The first-order valence-electron chi connectivity index (χ1n) is 6.39. The van der Waals surface area contributed by atoms with Crippen molar-refractivity contribution in [2.45, 2.75) is 13.5 Å². The lowest BCUT2D eigenvalue weighted by molar-refractivity contribution is 0.412. The van der Waals surface area contributed by atoms with Gasteiger partial charge in [0.25, 0.3) is 0 Å². The van der Waals surface area contributed by atoms with Crippen LogP contribution in [-0.2, 0) is 6.54 Å². The fraction of sp³-hybridized carbons (Fsp3) is 0.267. The second-order valence-electron chi connectivity index (χ2n) is 4.16. The first-order chi connectivity index (χ1) is 9.74. The highest BCUT2D eigenvalue weighted by Crippen LogP contribution is 2.33. The van der Waals surface area contributed by atoms with Gasteiger partial charge in [0.1, 0.15) is 17.2 Å². The van der Waals surface area contributed by atoms with Crippen molar-refractivity contribution in [2.24, 2.45) is 0 Å². The molecule has 0 bridgehead atoms. The van der Waals surface area contributed by atoms with Crippen molar-refractivity contribution in [3.8, 4) is 17.2 Å². The molecule has 2 aromatic rings. The van der Waals surface area contributed by atoms with E-state index in [0.717, 1.165) is 40.4 Å². The number of methoxy groups -OCH3 is 1. The van der Waals surface area contributed by atoms with Gasteiger partial charge in [0.15, 0.2) is 0 Å². The van der Waals surface area contributed by atoms with Gasteiger partial charge in [0.05, 0.1) is 17.8 Å². The van der Waals surface area contributed by atoms with E-state index in [0.29, 0.717) is 0 Å². The Morgan fingerprint density at radius 2 is 2.10 bits per heavy atom. The Kier molecular flexibility index (Phi) is 5.38. The Balaban J connectivity index is 2.21. The van der Waals surface area contributed by atoms with E-state index in [-0.39, 0.29) is 0 Å². The highest BCUT2D eigenvalue weighted by atomic mass is 79.9. The molecule has 1 aromatic heterocycles. The van der Waals surface area contributed by atoms with Gasteiger partial charge in [0.2, 0.25) is 0 Å². The third-order valence-corrected chi connectivity index (χ3v) is 3.41. The second kappa shape index (κ2) is 7.26. The molecular formula is C15H17BrN2O2. The molecule has 20 heavy (non-hydrogen) atoms. The largest absolute Gasteiger partial charge is 0.497 e. The molecule has 0 saturated heterocycles. The van der Waals surface area contributed by atoms with Crippen LogP contribution in [0.4, 0.5) is 0 Å². The van der Waals surface area contributed by atoms with E-state index in [1.54, 1.807) is 19.5 Å². The fourth-order valence-electron chi connectivity index (χ4n) is 1.72. The number of hydrogen-bond donors (Lipinski definition) is 1. The molecule has 1 N–H and O–H groups in total. The summed E-state index contributed by atoms with van der Waals surface area (Å²) in [7, 11) is 1.64. The minimum absolute atomic E-state index is 0.733. The summed E-state index contributed by atoms with van der Waals surface area (Å²) in [5, 5.41) is 3.28. The topological polar surface area (TPSA) is 43.4 Å². The third kappa shape index (κ3) is 3.71. The summed E-state index contributed by atoms with van der Waals surface area (Å²) in [6.45, 7) is 3.73. The zero-order chi connectivity index (χ0) is 14.4. The lowest BCUT2D eigenvalue weighted by atomic mass is 10.2. The van der Waals surface area contributed by atoms with Crippen LogP contribution in [0.2, 0.25) is 0 Å². The van der Waals surface area contributed by atoms with Crippen molar-refractivity contribution in [2.75, 3.05) is 13.7 Å². The predicted octanol–water partition coefficient (Wildman–Crippen LogP) is 3.75. The molecule has 5 heteroatoms. The van der Waals surface area contributed by atoms with Gasteiger partial charge < -0.3 is 14.8 Å². The Bertz CT molecular complexity index is 576. The summed E-state index contributed by atoms with van der Waals surface area (Å²) in [5.41, 5.74) is 1.07. The van der Waals surface area contributed by atoms with Gasteiger partial charge >= 0.3 is 0 Å². The summed E-state index contributed by atoms with van der Waals surface area (Å²) < 4.78 is 11.9. The Hall–Kier alpha value is -1.59. The first-order valence-corrected chi connectivity index (χ1v) is 7.19. The van der Waals surface area contributed by atoms with Gasteiger partial charge in [-0.3, -0.25) is 4.98 Å². The van der Waals surface area contributed by atoms with Crippen molar-refractivity contribution in [3.63, 3.8) is 0 Å². The van der Waals surface area contributed by atoms with Crippen molar-refractivity contribution >= 4 is 15.9 Å². The van der Waals surface area contributed by atoms with Gasteiger partial charge in [-0.2, -0.15) is 0 Å². The van der Waals surface area contributed by atoms with Gasteiger partial charge in [-0.05, 0) is 46.7 Å². The van der Waals surface area contributed by atoms with Gasteiger partial charge in [-0.15, -0.1) is 0 Å². The van der Waals surface area contributed by atoms with E-state index < -0.39 is 0 Å². The Morgan fingerprint density at radius 3 is 2.80 bits per heavy atom. The van der Waals surface area contributed by atoms with Gasteiger partial charge in [0, 0.05) is 18.3 Å². The summed E-state index contributed by atoms with van der Waals surface area (Å²) in [6.07, 6.45) is 3.49. The molecule has 0 atom stereocenters. The molecule has 0 fully saturated rings. The van der Waals surface area contributed by atoms with E-state index in [1.807, 2.05) is 24.3 Å². The molecule has 4 nitrogen and oxygen atoms in total. The number of ether oxygens (including phenoxy) is 2. The number of aromatic nitrogens is 1. The third-order valence-electron chi connectivity index (χ3n) is 2.79. The molecule has 0 amide bonds. The van der Waals surface area contributed by atoms with E-state index >= 15 is 0 Å². The van der Waals surface area contributed by atoms with Crippen LogP contribution < -0.4 is 14.8 Å². The number of benzene rings is 1. The van der Waals surface area contributed by atoms with E-state index in [1.165, 1.54) is 0 Å². The van der Waals surface area contributed by atoms with Crippen molar-refractivity contribution < 1.29 is 9.47 Å². The van der Waals surface area contributed by atoms with Crippen LogP contribution in [0, 0.1) is 0 Å². The lowest BCUT2D eigenvalue weighted by Crippen LogP contribution is -2.12. The standard InChI is InChI=1S/C15H17BrN2O2/c1-3-17-9-11-6-7-18-10-15(11)20-14-5-4-12(19-2)8-13(14)16/h4-8,10,17H,3,9H2,1-2H3. The number of halogens is 1. The summed E-state index contributed by atoms with van der Waals surface area (Å²) >= 11 is 3.48. The van der Waals surface area contributed by atoms with Crippen molar-refractivity contribution in [3.05, 3.63) is 46.7 Å². The van der Waals surface area contributed by atoms with E-state index in [9.17, 15) is 0 Å². The highest BCUT2D eigenvalue weighted by molar-refractivity contribution is 9.10. The van der Waals surface area contributed by atoms with Crippen LogP contribution in [0.25, 0.3) is 0 Å². The SMILES string of the molecule is CCNCc1ccncc1Oc1ccc(OC)cc1Br. The molecule has 0 spiro atoms. The van der Waals surface area contributed by atoms with Crippen LogP contribution in [-0.4, -0.2) is 18.6 Å². The average molecular weight is 337 g/mol. The minimum Gasteiger partial charge on any atom is -0.497 e. The molecule has 0 unspecified atom stereocenters. The maximum atomic E-state index is 5.93. The minimum atomic E-state index is 0.733. The molecule has 0 radical (unpaired) electrons. The molecule has 106 valence electrons. The molecular weight excluding hydrogens is 320 g/mol. The maximum Gasteiger partial charge on any atom is 0.150 e. The number of nitrogens with one attached hydrogen (secondary N) is 1. The lowest BCUT2D eigenvalue weighted by Gasteiger charge is -2.12. The number of nitrogens with zero attached hydrogens (tertiary/aromatic N) is 1. The Labute approximate surface area is 127 Å². The Morgan fingerprint density at radius 1 is 1.25 bits per heavy atom. The normalized spacial score (nSPS) is 10.3. The van der Waals surface area contributed by atoms with E-state index in [4.69, 9.17) is 9.47 Å². The average Bonchev–Trinajstić information content (AvgIpc) is 2.48. The molecule has 0 aliphatic carbocycles. The van der Waals surface area contributed by atoms with Crippen LogP contribution in [0.1, 0.15) is 12.5 Å². The molecule has 1 aromatic carbocycles. The molecule has 2 rings (SSSR count). The van der Waals surface area contributed by atoms with Crippen LogP contribution >= 0.6 is 15.9 Å². The molecule has 0 aliphatic heterocycles. The number of pyridine rings is 1. The van der Waals surface area contributed by atoms with Crippen molar-refractivity contribution in [1.82, 2.24) is 10.3 Å². The van der Waals surface area contributed by atoms with Crippen LogP contribution in [0.3, 0.4) is 0 Å². The summed E-state index contributed by atoms with van der Waals surface area (Å²) in [4.78, 5) is 4.12. The first kappa shape index (κ1) is 14.8. The molecule has 1 heterocycles. The van der Waals surface area contributed by atoms with Crippen LogP contribution in [0.5, 0.6) is 17.2 Å². The highest BCUT2D eigenvalue weighted by Gasteiger charge is 2.08. The van der Waals surface area contributed by atoms with Crippen LogP contribution in [0.15, 0.2) is 41.1 Å². The predicted molar refractivity (Wildman–Crippen MR) is 82.4 cm³/mol. The zero-order valence-electron chi connectivity index (χ0n) is 11.5. The monoisotopic (exact) mass is 336 g/mol. The van der Waals surface area contributed by atoms with Gasteiger partial charge in [-0.1, -0.05) is 6.92 Å². The van der Waals surface area contributed by atoms with Gasteiger partial charge in [-0.25, -0.2) is 0 Å².